The van der Waals surface area contributed by atoms with E-state index in [-0.39, 0.29) is 22.0 Å². The number of rotatable bonds is 3. The summed E-state index contributed by atoms with van der Waals surface area (Å²) in [6.45, 7) is 1.49. The molecule has 1 aliphatic rings. The Morgan fingerprint density at radius 2 is 1.81 bits per heavy atom. The van der Waals surface area contributed by atoms with Crippen LogP contribution in [-0.4, -0.2) is 42.0 Å². The lowest BCUT2D eigenvalue weighted by atomic mass is 10.2. The van der Waals surface area contributed by atoms with Gasteiger partial charge < -0.3 is 0 Å². The summed E-state index contributed by atoms with van der Waals surface area (Å²) in [6, 6.07) is 3.59. The molecule has 21 heavy (non-hydrogen) atoms. The van der Waals surface area contributed by atoms with Crippen molar-refractivity contribution in [3.8, 4) is 0 Å². The van der Waals surface area contributed by atoms with E-state index < -0.39 is 39.7 Å². The fourth-order valence-electron chi connectivity index (χ4n) is 2.22. The minimum atomic E-state index is -4.07. The molecule has 0 bridgehead atoms. The summed E-state index contributed by atoms with van der Waals surface area (Å²) in [6.07, 6.45) is 0.0154. The van der Waals surface area contributed by atoms with Crippen molar-refractivity contribution in [1.29, 1.82) is 0 Å². The molecule has 1 heterocycles. The maximum atomic E-state index is 12.4. The molecule has 0 spiro atoms. The molecule has 1 saturated heterocycles. The molecule has 0 N–H and O–H groups in total. The summed E-state index contributed by atoms with van der Waals surface area (Å²) >= 11 is 0. The topological polar surface area (TPSA) is 102 Å². The maximum absolute atomic E-state index is 12.4. The molecule has 0 radical (unpaired) electrons. The Morgan fingerprint density at radius 3 is 2.29 bits per heavy atom. The van der Waals surface area contributed by atoms with Gasteiger partial charge in [0.05, 0.1) is 26.5 Å². The zero-order valence-corrected chi connectivity index (χ0v) is 14.2. The minimum Gasteiger partial charge on any atom is -0.229 e. The number of benzene rings is 1. The third-order valence-corrected chi connectivity index (χ3v) is 9.01. The van der Waals surface area contributed by atoms with Crippen molar-refractivity contribution in [2.45, 2.75) is 28.4 Å². The van der Waals surface area contributed by atoms with Gasteiger partial charge in [0, 0.05) is 10.7 Å². The average molecular weight is 373 g/mol. The van der Waals surface area contributed by atoms with Crippen LogP contribution >= 0.6 is 10.7 Å². The van der Waals surface area contributed by atoms with Crippen LogP contribution < -0.4 is 0 Å². The van der Waals surface area contributed by atoms with E-state index in [1.54, 1.807) is 0 Å². The van der Waals surface area contributed by atoms with Crippen LogP contribution in [0.15, 0.2) is 28.0 Å². The van der Waals surface area contributed by atoms with E-state index in [1.165, 1.54) is 19.1 Å². The van der Waals surface area contributed by atoms with E-state index in [4.69, 9.17) is 10.7 Å². The molecule has 1 aromatic carbocycles. The first kappa shape index (κ1) is 16.7. The van der Waals surface area contributed by atoms with Crippen LogP contribution in [-0.2, 0) is 28.7 Å². The van der Waals surface area contributed by atoms with E-state index >= 15 is 0 Å². The van der Waals surface area contributed by atoms with Gasteiger partial charge in [0.2, 0.25) is 0 Å². The lowest BCUT2D eigenvalue weighted by Crippen LogP contribution is -2.23. The molecule has 1 aliphatic heterocycles. The molecular formula is C11H13ClO6S3. The van der Waals surface area contributed by atoms with Gasteiger partial charge in [-0.1, -0.05) is 6.07 Å². The Labute approximate surface area is 128 Å². The van der Waals surface area contributed by atoms with Crippen molar-refractivity contribution in [1.82, 2.24) is 0 Å². The molecule has 0 saturated carbocycles. The summed E-state index contributed by atoms with van der Waals surface area (Å²) in [5.41, 5.74) is 0.322. The third-order valence-electron chi connectivity index (χ3n) is 3.38. The van der Waals surface area contributed by atoms with E-state index in [1.807, 2.05) is 0 Å². The summed E-state index contributed by atoms with van der Waals surface area (Å²) in [7, 11) is -6.07. The van der Waals surface area contributed by atoms with Crippen molar-refractivity contribution in [2.75, 3.05) is 11.5 Å². The highest BCUT2D eigenvalue weighted by Crippen LogP contribution is 2.29. The highest BCUT2D eigenvalue weighted by Gasteiger charge is 2.38. The summed E-state index contributed by atoms with van der Waals surface area (Å²) in [5.74, 6) is -0.615. The molecule has 1 unspecified atom stereocenters. The molecule has 0 aromatic heterocycles. The number of sulfone groups is 2. The molecule has 2 rings (SSSR count). The van der Waals surface area contributed by atoms with Crippen LogP contribution in [0.3, 0.4) is 0 Å². The molecule has 10 heteroatoms. The molecular weight excluding hydrogens is 360 g/mol. The van der Waals surface area contributed by atoms with Crippen LogP contribution in [0.1, 0.15) is 12.0 Å². The van der Waals surface area contributed by atoms with Crippen LogP contribution in [0.25, 0.3) is 0 Å². The Balaban J connectivity index is 2.52. The smallest absolute Gasteiger partial charge is 0.229 e. The number of hydrogen-bond donors (Lipinski definition) is 0. The summed E-state index contributed by atoms with van der Waals surface area (Å²) < 4.78 is 70.5. The quantitative estimate of drug-likeness (QED) is 0.730. The van der Waals surface area contributed by atoms with Crippen LogP contribution in [0.5, 0.6) is 0 Å². The van der Waals surface area contributed by atoms with E-state index in [0.29, 0.717) is 5.56 Å². The van der Waals surface area contributed by atoms with E-state index in [0.717, 1.165) is 6.07 Å². The third kappa shape index (κ3) is 3.41. The fourth-order valence-corrected chi connectivity index (χ4v) is 7.90. The Hall–Kier alpha value is -0.640. The molecule has 6 nitrogen and oxygen atoms in total. The van der Waals surface area contributed by atoms with Gasteiger partial charge >= 0.3 is 0 Å². The van der Waals surface area contributed by atoms with Gasteiger partial charge in [0.1, 0.15) is 0 Å². The monoisotopic (exact) mass is 372 g/mol. The Morgan fingerprint density at radius 1 is 1.19 bits per heavy atom. The van der Waals surface area contributed by atoms with Crippen LogP contribution in [0, 0.1) is 6.92 Å². The van der Waals surface area contributed by atoms with E-state index in [9.17, 15) is 25.3 Å². The molecule has 1 aromatic rings. The Kier molecular flexibility index (Phi) is 4.16. The van der Waals surface area contributed by atoms with Crippen molar-refractivity contribution in [3.05, 3.63) is 23.8 Å². The minimum absolute atomic E-state index is 0.0154. The van der Waals surface area contributed by atoms with Crippen molar-refractivity contribution in [2.24, 2.45) is 0 Å². The van der Waals surface area contributed by atoms with Crippen molar-refractivity contribution < 1.29 is 25.3 Å². The predicted molar refractivity (Wildman–Crippen MR) is 78.5 cm³/mol. The first-order valence-corrected chi connectivity index (χ1v) is 11.6. The van der Waals surface area contributed by atoms with Gasteiger partial charge in [0.25, 0.3) is 9.05 Å². The molecule has 118 valence electrons. The lowest BCUT2D eigenvalue weighted by molar-refractivity contribution is 0.582. The van der Waals surface area contributed by atoms with Crippen molar-refractivity contribution in [3.63, 3.8) is 0 Å². The number of aryl methyl sites for hydroxylation is 1. The second-order valence-electron chi connectivity index (χ2n) is 4.94. The van der Waals surface area contributed by atoms with Crippen LogP contribution in [0.2, 0.25) is 0 Å². The number of halogens is 1. The highest BCUT2D eigenvalue weighted by molar-refractivity contribution is 8.13. The van der Waals surface area contributed by atoms with Gasteiger partial charge in [0.15, 0.2) is 19.7 Å². The second kappa shape index (κ2) is 5.22. The molecule has 0 amide bonds. The normalized spacial score (nSPS) is 22.3. The summed E-state index contributed by atoms with van der Waals surface area (Å²) in [4.78, 5) is -0.513. The zero-order chi connectivity index (χ0) is 16.1. The number of hydrogen-bond acceptors (Lipinski definition) is 6. The SMILES string of the molecule is Cc1ccc(S(=O)(=O)C2CCS(=O)(=O)C2)cc1S(=O)(=O)Cl. The van der Waals surface area contributed by atoms with Crippen LogP contribution in [0.4, 0.5) is 0 Å². The van der Waals surface area contributed by atoms with Gasteiger partial charge in [-0.2, -0.15) is 0 Å². The standard InChI is InChI=1S/C11H13ClO6S3/c1-8-2-3-9(6-11(8)21(12,17)18)20(15,16)10-4-5-19(13,14)7-10/h2-3,6,10H,4-5,7H2,1H3. The zero-order valence-electron chi connectivity index (χ0n) is 11.0. The van der Waals surface area contributed by atoms with Gasteiger partial charge in [-0.3, -0.25) is 0 Å². The molecule has 0 aliphatic carbocycles. The highest BCUT2D eigenvalue weighted by atomic mass is 35.7. The van der Waals surface area contributed by atoms with Gasteiger partial charge in [-0.25, -0.2) is 25.3 Å². The largest absolute Gasteiger partial charge is 0.261 e. The average Bonchev–Trinajstić information content (AvgIpc) is 2.69. The summed E-state index contributed by atoms with van der Waals surface area (Å²) in [5, 5.41) is -1.05. The first-order valence-electron chi connectivity index (χ1n) is 5.93. The maximum Gasteiger partial charge on any atom is 0.261 e. The van der Waals surface area contributed by atoms with E-state index in [2.05, 4.69) is 0 Å². The fraction of sp³-hybridized carbons (Fsp3) is 0.455. The van der Waals surface area contributed by atoms with Gasteiger partial charge in [-0.15, -0.1) is 0 Å². The van der Waals surface area contributed by atoms with Crippen molar-refractivity contribution >= 4 is 39.4 Å². The Bertz CT molecular complexity index is 884. The predicted octanol–water partition coefficient (Wildman–Crippen LogP) is 0.883. The second-order valence-corrected chi connectivity index (χ2v) is 11.9. The first-order chi connectivity index (χ1) is 9.43. The molecule has 1 fully saturated rings. The molecule has 1 atom stereocenters. The lowest BCUT2D eigenvalue weighted by Gasteiger charge is -2.11. The van der Waals surface area contributed by atoms with Gasteiger partial charge in [-0.05, 0) is 31.0 Å².